The number of hydrogen-bond acceptors (Lipinski definition) is 4. The van der Waals surface area contributed by atoms with Crippen LogP contribution in [0.2, 0.25) is 0 Å². The molecule has 94 valence electrons. The second kappa shape index (κ2) is 6.07. The van der Waals surface area contributed by atoms with Crippen molar-refractivity contribution in [3.63, 3.8) is 0 Å². The van der Waals surface area contributed by atoms with E-state index in [9.17, 15) is 10.1 Å². The Bertz CT molecular complexity index is 470. The lowest BCUT2D eigenvalue weighted by atomic mass is 9.96. The van der Waals surface area contributed by atoms with E-state index in [1.165, 1.54) is 31.4 Å². The number of rotatable bonds is 3. The molecule has 0 spiro atoms. The molecule has 0 radical (unpaired) electrons. The molecule has 0 atom stereocenters. The van der Waals surface area contributed by atoms with Gasteiger partial charge in [0.2, 0.25) is 0 Å². The first kappa shape index (κ1) is 12.5. The number of benzene rings is 1. The number of non-ortho nitro benzene ring substituents is 1. The fraction of sp³-hybridized carbons (Fsp3) is 0.462. The summed E-state index contributed by atoms with van der Waals surface area (Å²) in [5.74, 6) is 0. The van der Waals surface area contributed by atoms with E-state index in [0.717, 1.165) is 12.8 Å². The smallest absolute Gasteiger partial charge is 0.258 e. The van der Waals surface area contributed by atoms with Crippen LogP contribution in [0.3, 0.4) is 0 Å². The van der Waals surface area contributed by atoms with Crippen LogP contribution in [0.1, 0.15) is 32.1 Å². The summed E-state index contributed by atoms with van der Waals surface area (Å²) < 4.78 is 0. The Morgan fingerprint density at radius 1 is 1.17 bits per heavy atom. The molecule has 18 heavy (non-hydrogen) atoms. The summed E-state index contributed by atoms with van der Waals surface area (Å²) >= 11 is 0. The van der Waals surface area contributed by atoms with E-state index in [0.29, 0.717) is 11.7 Å². The first-order chi connectivity index (χ1) is 8.75. The highest BCUT2D eigenvalue weighted by molar-refractivity contribution is 5.54. The predicted octanol–water partition coefficient (Wildman–Crippen LogP) is 3.73. The van der Waals surface area contributed by atoms with Gasteiger partial charge in [0.15, 0.2) is 0 Å². The van der Waals surface area contributed by atoms with Crippen molar-refractivity contribution in [2.24, 2.45) is 9.98 Å². The molecule has 0 aromatic heterocycles. The summed E-state index contributed by atoms with van der Waals surface area (Å²) in [6.07, 6.45) is 5.98. The SMILES string of the molecule is O=[N+]([O-])c1ccc(N=C=NC2CCCCC2)cc1. The first-order valence-electron chi connectivity index (χ1n) is 6.16. The molecule has 1 aliphatic rings. The summed E-state index contributed by atoms with van der Waals surface area (Å²) in [5.41, 5.74) is 0.707. The summed E-state index contributed by atoms with van der Waals surface area (Å²) in [6, 6.07) is 9.11. The molecule has 1 aromatic carbocycles. The Hall–Kier alpha value is -2.00. The second-order valence-corrected chi connectivity index (χ2v) is 4.41. The standard InChI is InChI=1S/C13H15N3O2/c17-16(18)13-8-6-12(7-9-13)15-10-14-11-4-2-1-3-5-11/h6-9,11H,1-5H2. The van der Waals surface area contributed by atoms with Gasteiger partial charge in [-0.15, -0.1) is 0 Å². The zero-order chi connectivity index (χ0) is 12.8. The third kappa shape index (κ3) is 3.50. The summed E-state index contributed by atoms with van der Waals surface area (Å²) in [4.78, 5) is 18.4. The highest BCUT2D eigenvalue weighted by Crippen LogP contribution is 2.20. The lowest BCUT2D eigenvalue weighted by Gasteiger charge is -2.15. The largest absolute Gasteiger partial charge is 0.269 e. The highest BCUT2D eigenvalue weighted by atomic mass is 16.6. The van der Waals surface area contributed by atoms with Gasteiger partial charge in [0, 0.05) is 12.1 Å². The predicted molar refractivity (Wildman–Crippen MR) is 69.5 cm³/mol. The number of aliphatic imine (C=N–C) groups is 2. The van der Waals surface area contributed by atoms with Crippen molar-refractivity contribution >= 4 is 17.4 Å². The van der Waals surface area contributed by atoms with Crippen LogP contribution < -0.4 is 0 Å². The van der Waals surface area contributed by atoms with Gasteiger partial charge in [-0.2, -0.15) is 4.99 Å². The fourth-order valence-electron chi connectivity index (χ4n) is 2.03. The lowest BCUT2D eigenvalue weighted by Crippen LogP contribution is -2.08. The van der Waals surface area contributed by atoms with Gasteiger partial charge in [0.25, 0.3) is 5.69 Å². The van der Waals surface area contributed by atoms with Crippen molar-refractivity contribution in [1.29, 1.82) is 0 Å². The monoisotopic (exact) mass is 245 g/mol. The molecule has 5 heteroatoms. The van der Waals surface area contributed by atoms with E-state index in [2.05, 4.69) is 16.0 Å². The zero-order valence-corrected chi connectivity index (χ0v) is 10.1. The minimum atomic E-state index is -0.427. The molecule has 1 fully saturated rings. The molecular formula is C13H15N3O2. The van der Waals surface area contributed by atoms with Crippen LogP contribution >= 0.6 is 0 Å². The average Bonchev–Trinajstić information content (AvgIpc) is 2.40. The van der Waals surface area contributed by atoms with E-state index in [4.69, 9.17) is 0 Å². The Morgan fingerprint density at radius 2 is 1.83 bits per heavy atom. The van der Waals surface area contributed by atoms with Crippen LogP contribution in [0, 0.1) is 10.1 Å². The van der Waals surface area contributed by atoms with E-state index in [1.54, 1.807) is 12.1 Å². The lowest BCUT2D eigenvalue weighted by molar-refractivity contribution is -0.384. The molecule has 2 rings (SSSR count). The molecule has 5 nitrogen and oxygen atoms in total. The van der Waals surface area contributed by atoms with Crippen LogP contribution in [-0.4, -0.2) is 17.0 Å². The molecular weight excluding hydrogens is 230 g/mol. The average molecular weight is 245 g/mol. The highest BCUT2D eigenvalue weighted by Gasteiger charge is 2.10. The number of nitro groups is 1. The zero-order valence-electron chi connectivity index (χ0n) is 10.1. The Kier molecular flexibility index (Phi) is 4.20. The van der Waals surface area contributed by atoms with Crippen LogP contribution in [0.5, 0.6) is 0 Å². The fourth-order valence-corrected chi connectivity index (χ4v) is 2.03. The maximum absolute atomic E-state index is 10.5. The van der Waals surface area contributed by atoms with Crippen molar-refractivity contribution in [2.75, 3.05) is 0 Å². The van der Waals surface area contributed by atoms with Crippen LogP contribution in [0.15, 0.2) is 34.3 Å². The van der Waals surface area contributed by atoms with E-state index >= 15 is 0 Å². The summed E-state index contributed by atoms with van der Waals surface area (Å²) in [7, 11) is 0. The second-order valence-electron chi connectivity index (χ2n) is 4.41. The van der Waals surface area contributed by atoms with Crippen LogP contribution in [0.25, 0.3) is 0 Å². The normalized spacial score (nSPS) is 15.8. The Balaban J connectivity index is 1.99. The molecule has 0 aliphatic heterocycles. The first-order valence-corrected chi connectivity index (χ1v) is 6.16. The maximum Gasteiger partial charge on any atom is 0.269 e. The quantitative estimate of drug-likeness (QED) is 0.462. The van der Waals surface area contributed by atoms with Crippen molar-refractivity contribution in [1.82, 2.24) is 0 Å². The topological polar surface area (TPSA) is 67.9 Å². The van der Waals surface area contributed by atoms with E-state index in [1.807, 2.05) is 0 Å². The molecule has 1 aromatic rings. The number of nitro benzene ring substituents is 1. The van der Waals surface area contributed by atoms with Gasteiger partial charge >= 0.3 is 0 Å². The van der Waals surface area contributed by atoms with E-state index < -0.39 is 4.92 Å². The molecule has 0 unspecified atom stereocenters. The maximum atomic E-state index is 10.5. The Labute approximate surface area is 105 Å². The van der Waals surface area contributed by atoms with Crippen molar-refractivity contribution in [3.8, 4) is 0 Å². The van der Waals surface area contributed by atoms with Crippen molar-refractivity contribution in [2.45, 2.75) is 38.1 Å². The third-order valence-corrected chi connectivity index (χ3v) is 3.05. The van der Waals surface area contributed by atoms with Gasteiger partial charge in [0.1, 0.15) is 0 Å². The summed E-state index contributed by atoms with van der Waals surface area (Å²) in [6.45, 7) is 0. The molecule has 0 bridgehead atoms. The van der Waals surface area contributed by atoms with Crippen molar-refractivity contribution in [3.05, 3.63) is 34.4 Å². The van der Waals surface area contributed by atoms with Gasteiger partial charge in [-0.3, -0.25) is 10.1 Å². The van der Waals surface area contributed by atoms with Gasteiger partial charge < -0.3 is 0 Å². The Morgan fingerprint density at radius 3 is 2.44 bits per heavy atom. The van der Waals surface area contributed by atoms with Gasteiger partial charge in [-0.1, -0.05) is 19.3 Å². The van der Waals surface area contributed by atoms with Gasteiger partial charge in [-0.25, -0.2) is 4.99 Å². The van der Waals surface area contributed by atoms with E-state index in [-0.39, 0.29) is 5.69 Å². The van der Waals surface area contributed by atoms with Crippen molar-refractivity contribution < 1.29 is 4.92 Å². The molecule has 0 heterocycles. The van der Waals surface area contributed by atoms with Crippen LogP contribution in [-0.2, 0) is 0 Å². The third-order valence-electron chi connectivity index (χ3n) is 3.05. The minimum absolute atomic E-state index is 0.0677. The number of hydrogen-bond donors (Lipinski definition) is 0. The minimum Gasteiger partial charge on any atom is -0.258 e. The van der Waals surface area contributed by atoms with Gasteiger partial charge in [-0.05, 0) is 25.0 Å². The van der Waals surface area contributed by atoms with Crippen LogP contribution in [0.4, 0.5) is 11.4 Å². The molecule has 0 saturated heterocycles. The molecule has 0 amide bonds. The molecule has 1 saturated carbocycles. The number of nitrogens with zero attached hydrogens (tertiary/aromatic N) is 3. The molecule has 1 aliphatic carbocycles. The molecule has 0 N–H and O–H groups in total. The summed E-state index contributed by atoms with van der Waals surface area (Å²) in [5, 5.41) is 10.5. The van der Waals surface area contributed by atoms with Gasteiger partial charge in [0.05, 0.1) is 22.7 Å².